The number of hydrogen-bond donors (Lipinski definition) is 1. The number of aryl methyl sites for hydroxylation is 2. The van der Waals surface area contributed by atoms with Crippen LogP contribution in [0.3, 0.4) is 0 Å². The summed E-state index contributed by atoms with van der Waals surface area (Å²) in [6.45, 7) is 2.08. The molecular weight excluding hydrogens is 250 g/mol. The van der Waals surface area contributed by atoms with E-state index in [0.717, 1.165) is 29.8 Å². The number of aromatic nitrogens is 1. The third-order valence-electron chi connectivity index (χ3n) is 3.49. The molecule has 20 heavy (non-hydrogen) atoms. The van der Waals surface area contributed by atoms with Gasteiger partial charge in [-0.2, -0.15) is 0 Å². The number of rotatable bonds is 6. The number of benzene rings is 1. The number of methoxy groups -OCH3 is 1. The van der Waals surface area contributed by atoms with Gasteiger partial charge in [0.25, 0.3) is 0 Å². The Bertz CT molecular complexity index is 537. The van der Waals surface area contributed by atoms with Crippen molar-refractivity contribution in [2.45, 2.75) is 32.3 Å². The average molecular weight is 271 g/mol. The molecule has 3 nitrogen and oxygen atoms in total. The lowest BCUT2D eigenvalue weighted by molar-refractivity contribution is 0.162. The summed E-state index contributed by atoms with van der Waals surface area (Å²) >= 11 is 0. The maximum absolute atomic E-state index is 10.3. The Morgan fingerprint density at radius 1 is 1.20 bits per heavy atom. The van der Waals surface area contributed by atoms with Crippen molar-refractivity contribution in [2.75, 3.05) is 7.11 Å². The Morgan fingerprint density at radius 3 is 2.60 bits per heavy atom. The molecule has 1 aromatic heterocycles. The minimum absolute atomic E-state index is 0.506. The molecule has 0 saturated carbocycles. The molecule has 1 unspecified atom stereocenters. The van der Waals surface area contributed by atoms with E-state index in [4.69, 9.17) is 4.74 Å². The Hall–Kier alpha value is -1.87. The number of ether oxygens (including phenoxy) is 1. The van der Waals surface area contributed by atoms with Gasteiger partial charge in [0.1, 0.15) is 5.75 Å². The number of aliphatic hydroxyl groups excluding tert-OH is 1. The molecule has 0 spiro atoms. The van der Waals surface area contributed by atoms with Crippen molar-refractivity contribution >= 4 is 0 Å². The van der Waals surface area contributed by atoms with Gasteiger partial charge in [0.15, 0.2) is 0 Å². The average Bonchev–Trinajstić information content (AvgIpc) is 2.53. The molecule has 0 radical (unpaired) electrons. The predicted octanol–water partition coefficient (Wildman–Crippen LogP) is 3.32. The number of hydrogen-bond acceptors (Lipinski definition) is 3. The van der Waals surface area contributed by atoms with Crippen LogP contribution in [0, 0.1) is 0 Å². The van der Waals surface area contributed by atoms with Crippen molar-refractivity contribution in [1.82, 2.24) is 4.98 Å². The molecule has 0 aliphatic heterocycles. The van der Waals surface area contributed by atoms with Gasteiger partial charge in [-0.15, -0.1) is 0 Å². The quantitative estimate of drug-likeness (QED) is 0.876. The van der Waals surface area contributed by atoms with E-state index in [2.05, 4.69) is 11.9 Å². The fourth-order valence-electron chi connectivity index (χ4n) is 2.28. The molecular formula is C17H21NO2. The normalized spacial score (nSPS) is 12.2. The standard InChI is InChI=1S/C17H21NO2/c1-3-14-5-4-12-18-17(14)16(19)11-8-13-6-9-15(20-2)10-7-13/h4-7,9-10,12,16,19H,3,8,11H2,1-2H3. The molecule has 0 amide bonds. The molecule has 2 rings (SSSR count). The van der Waals surface area contributed by atoms with Crippen LogP contribution >= 0.6 is 0 Å². The van der Waals surface area contributed by atoms with Crippen LogP contribution in [-0.4, -0.2) is 17.2 Å². The Balaban J connectivity index is 1.98. The van der Waals surface area contributed by atoms with Crippen LogP contribution in [0.5, 0.6) is 5.75 Å². The van der Waals surface area contributed by atoms with Crippen LogP contribution in [0.25, 0.3) is 0 Å². The summed E-state index contributed by atoms with van der Waals surface area (Å²) in [6.07, 6.45) is 3.63. The van der Waals surface area contributed by atoms with Crippen molar-refractivity contribution in [2.24, 2.45) is 0 Å². The van der Waals surface area contributed by atoms with Gasteiger partial charge in [-0.3, -0.25) is 4.98 Å². The van der Waals surface area contributed by atoms with E-state index in [1.807, 2.05) is 36.4 Å². The number of nitrogens with zero attached hydrogens (tertiary/aromatic N) is 1. The first-order chi connectivity index (χ1) is 9.74. The van der Waals surface area contributed by atoms with E-state index in [9.17, 15) is 5.11 Å². The monoisotopic (exact) mass is 271 g/mol. The molecule has 2 aromatic rings. The lowest BCUT2D eigenvalue weighted by atomic mass is 10.0. The van der Waals surface area contributed by atoms with E-state index in [-0.39, 0.29) is 0 Å². The minimum Gasteiger partial charge on any atom is -0.497 e. The third kappa shape index (κ3) is 3.58. The lowest BCUT2D eigenvalue weighted by Gasteiger charge is -2.13. The van der Waals surface area contributed by atoms with Gasteiger partial charge in [-0.1, -0.05) is 25.1 Å². The predicted molar refractivity (Wildman–Crippen MR) is 79.9 cm³/mol. The van der Waals surface area contributed by atoms with Gasteiger partial charge in [0.05, 0.1) is 18.9 Å². The summed E-state index contributed by atoms with van der Waals surface area (Å²) in [5, 5.41) is 10.3. The second kappa shape index (κ2) is 7.06. The summed E-state index contributed by atoms with van der Waals surface area (Å²) < 4.78 is 5.13. The first kappa shape index (κ1) is 14.5. The van der Waals surface area contributed by atoms with Crippen LogP contribution in [0.2, 0.25) is 0 Å². The topological polar surface area (TPSA) is 42.4 Å². The van der Waals surface area contributed by atoms with Crippen LogP contribution in [0.1, 0.15) is 36.3 Å². The zero-order valence-corrected chi connectivity index (χ0v) is 12.0. The van der Waals surface area contributed by atoms with E-state index in [0.29, 0.717) is 6.42 Å². The van der Waals surface area contributed by atoms with Crippen molar-refractivity contribution < 1.29 is 9.84 Å². The molecule has 3 heteroatoms. The zero-order valence-electron chi connectivity index (χ0n) is 12.0. The Labute approximate surface area is 120 Å². The second-order valence-electron chi connectivity index (χ2n) is 4.80. The van der Waals surface area contributed by atoms with Gasteiger partial charge in [0, 0.05) is 6.20 Å². The molecule has 1 heterocycles. The largest absolute Gasteiger partial charge is 0.497 e. The highest BCUT2D eigenvalue weighted by Gasteiger charge is 2.12. The molecule has 0 aliphatic rings. The highest BCUT2D eigenvalue weighted by Crippen LogP contribution is 2.21. The SMILES string of the molecule is CCc1cccnc1C(O)CCc1ccc(OC)cc1. The molecule has 1 aromatic carbocycles. The highest BCUT2D eigenvalue weighted by molar-refractivity contribution is 5.27. The van der Waals surface area contributed by atoms with E-state index < -0.39 is 6.10 Å². The second-order valence-corrected chi connectivity index (χ2v) is 4.80. The molecule has 0 bridgehead atoms. The summed E-state index contributed by atoms with van der Waals surface area (Å²) in [6, 6.07) is 11.9. The minimum atomic E-state index is -0.506. The Morgan fingerprint density at radius 2 is 1.95 bits per heavy atom. The molecule has 0 saturated heterocycles. The zero-order chi connectivity index (χ0) is 14.4. The maximum atomic E-state index is 10.3. The van der Waals surface area contributed by atoms with Gasteiger partial charge in [-0.25, -0.2) is 0 Å². The van der Waals surface area contributed by atoms with Crippen LogP contribution < -0.4 is 4.74 Å². The van der Waals surface area contributed by atoms with Gasteiger partial charge < -0.3 is 9.84 Å². The fourth-order valence-corrected chi connectivity index (χ4v) is 2.28. The van der Waals surface area contributed by atoms with Crippen LogP contribution in [-0.2, 0) is 12.8 Å². The first-order valence-electron chi connectivity index (χ1n) is 6.99. The fraction of sp³-hybridized carbons (Fsp3) is 0.353. The highest BCUT2D eigenvalue weighted by atomic mass is 16.5. The molecule has 1 atom stereocenters. The third-order valence-corrected chi connectivity index (χ3v) is 3.49. The summed E-state index contributed by atoms with van der Waals surface area (Å²) in [5.41, 5.74) is 3.12. The Kier molecular flexibility index (Phi) is 5.13. The molecule has 106 valence electrons. The van der Waals surface area contributed by atoms with Gasteiger partial charge in [0.2, 0.25) is 0 Å². The summed E-state index contributed by atoms with van der Waals surface area (Å²) in [4.78, 5) is 4.32. The molecule has 0 aliphatic carbocycles. The summed E-state index contributed by atoms with van der Waals surface area (Å²) in [7, 11) is 1.66. The molecule has 1 N–H and O–H groups in total. The van der Waals surface area contributed by atoms with Crippen molar-refractivity contribution in [1.29, 1.82) is 0 Å². The van der Waals surface area contributed by atoms with Gasteiger partial charge in [-0.05, 0) is 48.6 Å². The van der Waals surface area contributed by atoms with Crippen molar-refractivity contribution in [3.8, 4) is 5.75 Å². The first-order valence-corrected chi connectivity index (χ1v) is 6.99. The molecule has 0 fully saturated rings. The van der Waals surface area contributed by atoms with E-state index >= 15 is 0 Å². The summed E-state index contributed by atoms with van der Waals surface area (Å²) in [5.74, 6) is 0.854. The maximum Gasteiger partial charge on any atom is 0.118 e. The van der Waals surface area contributed by atoms with Crippen LogP contribution in [0.15, 0.2) is 42.6 Å². The lowest BCUT2D eigenvalue weighted by Crippen LogP contribution is -2.05. The van der Waals surface area contributed by atoms with Crippen molar-refractivity contribution in [3.63, 3.8) is 0 Å². The number of aliphatic hydroxyl groups is 1. The van der Waals surface area contributed by atoms with E-state index in [1.165, 1.54) is 5.56 Å². The van der Waals surface area contributed by atoms with Crippen molar-refractivity contribution in [3.05, 3.63) is 59.4 Å². The number of pyridine rings is 1. The van der Waals surface area contributed by atoms with Crippen LogP contribution in [0.4, 0.5) is 0 Å². The smallest absolute Gasteiger partial charge is 0.118 e. The van der Waals surface area contributed by atoms with E-state index in [1.54, 1.807) is 13.3 Å². The van der Waals surface area contributed by atoms with Gasteiger partial charge >= 0.3 is 0 Å².